The molecule has 0 aromatic rings. The molecule has 4 rings (SSSR count). The molecular formula is C39H70O23. The molecule has 0 aliphatic carbocycles. The minimum absolute atomic E-state index is 0.0843. The highest BCUT2D eigenvalue weighted by Gasteiger charge is 2.55. The minimum Gasteiger partial charge on any atom is -0.481 e. The maximum absolute atomic E-state index is 11.5. The molecule has 0 aromatic carbocycles. The summed E-state index contributed by atoms with van der Waals surface area (Å²) >= 11 is 0. The third-order valence-corrected chi connectivity index (χ3v) is 11.8. The van der Waals surface area contributed by atoms with Crippen LogP contribution < -0.4 is 0 Å². The molecular weight excluding hydrogens is 836 g/mol. The number of aliphatic hydroxyl groups is 13. The van der Waals surface area contributed by atoms with Crippen LogP contribution in [0.15, 0.2) is 0 Å². The summed E-state index contributed by atoms with van der Waals surface area (Å²) in [6.45, 7) is 0.914. The van der Waals surface area contributed by atoms with Crippen molar-refractivity contribution in [2.45, 2.75) is 220 Å². The van der Waals surface area contributed by atoms with Crippen LogP contribution in [0.4, 0.5) is 0 Å². The summed E-state index contributed by atoms with van der Waals surface area (Å²) in [6, 6.07) is 0. The van der Waals surface area contributed by atoms with Crippen molar-refractivity contribution < 1.29 is 114 Å². The molecule has 0 amide bonds. The van der Waals surface area contributed by atoms with Gasteiger partial charge < -0.3 is 109 Å². The van der Waals surface area contributed by atoms with Crippen LogP contribution in [0.5, 0.6) is 0 Å². The first kappa shape index (κ1) is 53.2. The molecule has 22 atom stereocenters. The fourth-order valence-electron chi connectivity index (χ4n) is 8.08. The molecule has 0 unspecified atom stereocenters. The largest absolute Gasteiger partial charge is 0.481 e. The van der Waals surface area contributed by atoms with Gasteiger partial charge in [-0.1, -0.05) is 45.4 Å². The van der Waals surface area contributed by atoms with Gasteiger partial charge in [0.2, 0.25) is 0 Å². The molecule has 4 aliphatic rings. The monoisotopic (exact) mass is 906 g/mol. The number of hydrogen-bond acceptors (Lipinski definition) is 22. The van der Waals surface area contributed by atoms with E-state index in [9.17, 15) is 71.2 Å². The van der Waals surface area contributed by atoms with Gasteiger partial charge >= 0.3 is 5.97 Å². The van der Waals surface area contributed by atoms with Crippen molar-refractivity contribution in [3.8, 4) is 0 Å². The lowest BCUT2D eigenvalue weighted by molar-refractivity contribution is -0.389. The molecule has 23 nitrogen and oxygen atoms in total. The smallest absolute Gasteiger partial charge is 0.303 e. The summed E-state index contributed by atoms with van der Waals surface area (Å²) in [5.41, 5.74) is 0. The predicted octanol–water partition coefficient (Wildman–Crippen LogP) is -4.57. The summed E-state index contributed by atoms with van der Waals surface area (Å²) in [4.78, 5) is 10.7. The van der Waals surface area contributed by atoms with Crippen LogP contribution >= 0.6 is 0 Å². The van der Waals surface area contributed by atoms with E-state index in [0.29, 0.717) is 25.7 Å². The van der Waals surface area contributed by atoms with Crippen molar-refractivity contribution in [3.05, 3.63) is 0 Å². The standard InChI is InChI=1S/C39H70O23/c1-3-9-19(11-8-6-4-5-7-10-18(43)12-13-23(44)45)56-38-31(53)34(26(48)21(15-41)58-38)62-39-32(54)35(27(49)22(16-42)59-39)61-37-30(52)33(24(46)17(2)55-37)60-36-29(51)28(50)25(47)20(14-40)57-36/h17-22,24-43,46-54H,3-16H2,1-2H3,(H,44,45)/t17-,18-,19+,20-,21+,22-,24-,25-,26+,27-,28+,29-,30-,31+,32-,33+,34-,35+,36+,37+,38+,39+/m0/s1. The zero-order valence-electron chi connectivity index (χ0n) is 35.0. The van der Waals surface area contributed by atoms with Gasteiger partial charge in [0.15, 0.2) is 25.2 Å². The van der Waals surface area contributed by atoms with Crippen molar-refractivity contribution in [2.75, 3.05) is 19.8 Å². The number of aliphatic carboxylic acids is 1. The third-order valence-electron chi connectivity index (χ3n) is 11.8. The molecule has 4 saturated heterocycles. The highest BCUT2D eigenvalue weighted by Crippen LogP contribution is 2.35. The van der Waals surface area contributed by atoms with Gasteiger partial charge in [0.1, 0.15) is 91.6 Å². The minimum atomic E-state index is -1.99. The van der Waals surface area contributed by atoms with Gasteiger partial charge in [-0.2, -0.15) is 0 Å². The Balaban J connectivity index is 1.40. The van der Waals surface area contributed by atoms with E-state index in [1.54, 1.807) is 0 Å². The second-order valence-electron chi connectivity index (χ2n) is 16.6. The molecule has 0 saturated carbocycles. The van der Waals surface area contributed by atoms with Crippen LogP contribution in [0, 0.1) is 0 Å². The Bertz CT molecular complexity index is 1290. The Labute approximate surface area is 359 Å². The zero-order valence-corrected chi connectivity index (χ0v) is 35.0. The second-order valence-corrected chi connectivity index (χ2v) is 16.6. The number of carboxylic acid groups (broad SMARTS) is 1. The van der Waals surface area contributed by atoms with E-state index in [1.165, 1.54) is 6.92 Å². The lowest BCUT2D eigenvalue weighted by atomic mass is 9.95. The number of carbonyl (C=O) groups is 1. The molecule has 23 heteroatoms. The summed E-state index contributed by atoms with van der Waals surface area (Å²) in [7, 11) is 0. The molecule has 0 bridgehead atoms. The quantitative estimate of drug-likeness (QED) is 0.0405. The predicted molar refractivity (Wildman–Crippen MR) is 205 cm³/mol. The van der Waals surface area contributed by atoms with Crippen LogP contribution in [0.3, 0.4) is 0 Å². The molecule has 14 N–H and O–H groups in total. The van der Waals surface area contributed by atoms with Crippen LogP contribution in [0.2, 0.25) is 0 Å². The molecule has 62 heavy (non-hydrogen) atoms. The lowest BCUT2D eigenvalue weighted by Gasteiger charge is -2.49. The van der Waals surface area contributed by atoms with Gasteiger partial charge in [-0.05, 0) is 32.6 Å². The fourth-order valence-corrected chi connectivity index (χ4v) is 8.08. The Morgan fingerprint density at radius 1 is 0.516 bits per heavy atom. The molecule has 0 aromatic heterocycles. The van der Waals surface area contributed by atoms with E-state index in [-0.39, 0.29) is 12.8 Å². The first-order valence-corrected chi connectivity index (χ1v) is 21.6. The van der Waals surface area contributed by atoms with Gasteiger partial charge in [0, 0.05) is 6.42 Å². The fraction of sp³-hybridized carbons (Fsp3) is 0.974. The molecule has 4 fully saturated rings. The molecule has 4 heterocycles. The Hall–Kier alpha value is -1.37. The SMILES string of the molecule is CCC[C@H](CCCCCCC[C@H](O)CCC(=O)O)O[C@@H]1O[C@H](CO)[C@@H](O)[C@H](O[C@H]2O[C@@H](CO)[C@H](O)[C@@H](O[C@H]3O[C@@H](C)[C@H](O)[C@@H](O[C@H]4O[C@@H](CO)[C@H](O)[C@@H](O)[C@@H]4O)[C@@H]3O)[C@@H]2O)[C@H]1O. The molecule has 0 spiro atoms. The van der Waals surface area contributed by atoms with Crippen LogP contribution in [-0.4, -0.2) is 232 Å². The van der Waals surface area contributed by atoms with Crippen LogP contribution in [-0.2, 0) is 42.7 Å². The summed E-state index contributed by atoms with van der Waals surface area (Å²) < 4.78 is 45.9. The van der Waals surface area contributed by atoms with Crippen LogP contribution in [0.1, 0.15) is 84.5 Å². The van der Waals surface area contributed by atoms with Crippen molar-refractivity contribution in [1.29, 1.82) is 0 Å². The van der Waals surface area contributed by atoms with Gasteiger partial charge in [0.05, 0.1) is 38.1 Å². The number of rotatable bonds is 24. The summed E-state index contributed by atoms with van der Waals surface area (Å²) in [5.74, 6) is -0.950. The topological polar surface area (TPSA) is 374 Å². The number of ether oxygens (including phenoxy) is 8. The first-order chi connectivity index (χ1) is 29.5. The van der Waals surface area contributed by atoms with E-state index >= 15 is 0 Å². The lowest BCUT2D eigenvalue weighted by Crippen LogP contribution is -2.67. The van der Waals surface area contributed by atoms with Gasteiger partial charge in [-0.15, -0.1) is 0 Å². The van der Waals surface area contributed by atoms with E-state index in [4.69, 9.17) is 43.0 Å². The van der Waals surface area contributed by atoms with E-state index < -0.39 is 161 Å². The van der Waals surface area contributed by atoms with Gasteiger partial charge in [0.25, 0.3) is 0 Å². The van der Waals surface area contributed by atoms with E-state index in [0.717, 1.165) is 32.1 Å². The van der Waals surface area contributed by atoms with Crippen molar-refractivity contribution in [2.24, 2.45) is 0 Å². The van der Waals surface area contributed by atoms with E-state index in [2.05, 4.69) is 0 Å². The van der Waals surface area contributed by atoms with Crippen molar-refractivity contribution >= 4 is 5.97 Å². The maximum atomic E-state index is 11.5. The Morgan fingerprint density at radius 3 is 1.47 bits per heavy atom. The molecule has 4 aliphatic heterocycles. The Kier molecular flexibility index (Phi) is 21.9. The highest BCUT2D eigenvalue weighted by atomic mass is 16.8. The van der Waals surface area contributed by atoms with Gasteiger partial charge in [-0.3, -0.25) is 4.79 Å². The summed E-state index contributed by atoms with van der Waals surface area (Å²) in [5, 5.41) is 147. The average Bonchev–Trinajstić information content (AvgIpc) is 3.24. The van der Waals surface area contributed by atoms with E-state index in [1.807, 2.05) is 6.92 Å². The highest BCUT2D eigenvalue weighted by molar-refractivity contribution is 5.66. The zero-order chi connectivity index (χ0) is 45.8. The maximum Gasteiger partial charge on any atom is 0.303 e. The number of unbranched alkanes of at least 4 members (excludes halogenated alkanes) is 4. The second kappa shape index (κ2) is 25.5. The Morgan fingerprint density at radius 2 is 0.952 bits per heavy atom. The number of aliphatic hydroxyl groups excluding tert-OH is 13. The normalized spacial score (nSPS) is 42.7. The average molecular weight is 907 g/mol. The van der Waals surface area contributed by atoms with Crippen molar-refractivity contribution in [3.63, 3.8) is 0 Å². The molecule has 0 radical (unpaired) electrons. The van der Waals surface area contributed by atoms with Crippen LogP contribution in [0.25, 0.3) is 0 Å². The first-order valence-electron chi connectivity index (χ1n) is 21.6. The van der Waals surface area contributed by atoms with Gasteiger partial charge in [-0.25, -0.2) is 0 Å². The number of hydrogen-bond donors (Lipinski definition) is 14. The van der Waals surface area contributed by atoms with Crippen molar-refractivity contribution in [1.82, 2.24) is 0 Å². The number of carboxylic acids is 1. The third kappa shape index (κ3) is 13.8. The molecule has 364 valence electrons. The summed E-state index contributed by atoms with van der Waals surface area (Å²) in [6.07, 6.45) is -28.4.